The second kappa shape index (κ2) is 3.52. The number of hydrogen-bond acceptors (Lipinski definition) is 3. The van der Waals surface area contributed by atoms with Crippen molar-refractivity contribution in [3.05, 3.63) is 25.7 Å². The standard InChI is InChI=1S/C13H18O3/c1-3-14-12-11-6-9-5-10(16-11)8-13(12,7-9)15-4-2/h3-4,9-12H,1-2,5-8H2. The molecule has 2 saturated carbocycles. The molecule has 2 heterocycles. The highest BCUT2D eigenvalue weighted by Crippen LogP contribution is 2.53. The minimum Gasteiger partial charge on any atom is -0.492 e. The van der Waals surface area contributed by atoms with Crippen molar-refractivity contribution in [3.63, 3.8) is 0 Å². The highest BCUT2D eigenvalue weighted by molar-refractivity contribution is 5.10. The lowest BCUT2D eigenvalue weighted by Crippen LogP contribution is -2.66. The molecule has 0 radical (unpaired) electrons. The molecule has 5 atom stereocenters. The van der Waals surface area contributed by atoms with Gasteiger partial charge < -0.3 is 14.2 Å². The fourth-order valence-electron chi connectivity index (χ4n) is 3.82. The molecule has 0 amide bonds. The molecule has 2 saturated heterocycles. The third kappa shape index (κ3) is 1.31. The summed E-state index contributed by atoms with van der Waals surface area (Å²) in [6.45, 7) is 7.33. The van der Waals surface area contributed by atoms with Gasteiger partial charge in [-0.2, -0.15) is 0 Å². The molecule has 2 aliphatic carbocycles. The Morgan fingerprint density at radius 2 is 2.06 bits per heavy atom. The summed E-state index contributed by atoms with van der Waals surface area (Å²) >= 11 is 0. The van der Waals surface area contributed by atoms with E-state index in [4.69, 9.17) is 14.2 Å². The lowest BCUT2D eigenvalue weighted by atomic mass is 9.63. The summed E-state index contributed by atoms with van der Waals surface area (Å²) in [7, 11) is 0. The van der Waals surface area contributed by atoms with E-state index in [9.17, 15) is 0 Å². The van der Waals surface area contributed by atoms with Gasteiger partial charge in [-0.1, -0.05) is 13.2 Å². The summed E-state index contributed by atoms with van der Waals surface area (Å²) in [5.41, 5.74) is -0.218. The smallest absolute Gasteiger partial charge is 0.163 e. The Bertz CT molecular complexity index is 298. The molecule has 88 valence electrons. The number of ether oxygens (including phenoxy) is 3. The molecule has 3 heteroatoms. The highest BCUT2D eigenvalue weighted by atomic mass is 16.6. The van der Waals surface area contributed by atoms with Gasteiger partial charge in [0.05, 0.1) is 24.7 Å². The Kier molecular flexibility index (Phi) is 2.25. The minimum absolute atomic E-state index is 0.0178. The molecule has 16 heavy (non-hydrogen) atoms. The highest BCUT2D eigenvalue weighted by Gasteiger charge is 2.60. The van der Waals surface area contributed by atoms with E-state index in [2.05, 4.69) is 13.2 Å². The first kappa shape index (κ1) is 10.2. The SMILES string of the molecule is C=COC1C2CC3CC(CC1(OC=C)C3)O2. The number of rotatable bonds is 4. The van der Waals surface area contributed by atoms with Crippen LogP contribution < -0.4 is 0 Å². The first-order valence-corrected chi connectivity index (χ1v) is 5.98. The van der Waals surface area contributed by atoms with Crippen LogP contribution in [0.15, 0.2) is 25.7 Å². The second-order valence-electron chi connectivity index (χ2n) is 5.11. The van der Waals surface area contributed by atoms with E-state index in [0.29, 0.717) is 6.10 Å². The fourth-order valence-corrected chi connectivity index (χ4v) is 3.82. The van der Waals surface area contributed by atoms with Crippen LogP contribution in [0.4, 0.5) is 0 Å². The van der Waals surface area contributed by atoms with E-state index >= 15 is 0 Å². The summed E-state index contributed by atoms with van der Waals surface area (Å²) in [6.07, 6.45) is 7.81. The average molecular weight is 222 g/mol. The van der Waals surface area contributed by atoms with Crippen molar-refractivity contribution in [1.29, 1.82) is 0 Å². The van der Waals surface area contributed by atoms with Gasteiger partial charge in [0, 0.05) is 6.42 Å². The molecule has 3 nitrogen and oxygen atoms in total. The van der Waals surface area contributed by atoms with Gasteiger partial charge in [-0.15, -0.1) is 0 Å². The number of hydrogen-bond donors (Lipinski definition) is 0. The monoisotopic (exact) mass is 222 g/mol. The van der Waals surface area contributed by atoms with Gasteiger partial charge in [0.1, 0.15) is 5.60 Å². The maximum absolute atomic E-state index is 5.97. The van der Waals surface area contributed by atoms with Crippen molar-refractivity contribution in [3.8, 4) is 0 Å². The molecule has 0 aromatic rings. The Labute approximate surface area is 96.1 Å². The molecule has 4 fully saturated rings. The fraction of sp³-hybridized carbons (Fsp3) is 0.692. The first-order chi connectivity index (χ1) is 7.77. The van der Waals surface area contributed by atoms with Crippen LogP contribution in [0.2, 0.25) is 0 Å². The van der Waals surface area contributed by atoms with Gasteiger partial charge in [-0.05, 0) is 25.2 Å². The van der Waals surface area contributed by atoms with Crippen LogP contribution in [0.3, 0.4) is 0 Å². The predicted octanol–water partition coefficient (Wildman–Crippen LogP) is 2.39. The zero-order valence-corrected chi connectivity index (χ0v) is 9.43. The van der Waals surface area contributed by atoms with Crippen molar-refractivity contribution < 1.29 is 14.2 Å². The molecule has 0 N–H and O–H groups in total. The largest absolute Gasteiger partial charge is 0.492 e. The van der Waals surface area contributed by atoms with E-state index in [-0.39, 0.29) is 17.8 Å². The summed E-state index contributed by atoms with van der Waals surface area (Å²) in [5, 5.41) is 0. The summed E-state index contributed by atoms with van der Waals surface area (Å²) in [4.78, 5) is 0. The summed E-state index contributed by atoms with van der Waals surface area (Å²) in [6, 6.07) is 0. The minimum atomic E-state index is -0.218. The first-order valence-electron chi connectivity index (χ1n) is 5.98. The zero-order valence-electron chi connectivity index (χ0n) is 9.43. The van der Waals surface area contributed by atoms with Crippen LogP contribution in [0.5, 0.6) is 0 Å². The van der Waals surface area contributed by atoms with Gasteiger partial charge in [-0.25, -0.2) is 0 Å². The summed E-state index contributed by atoms with van der Waals surface area (Å²) in [5.74, 6) is 0.724. The van der Waals surface area contributed by atoms with E-state index in [1.54, 1.807) is 6.26 Å². The van der Waals surface area contributed by atoms with E-state index in [1.807, 2.05) is 0 Å². The predicted molar refractivity (Wildman–Crippen MR) is 59.7 cm³/mol. The zero-order chi connectivity index (χ0) is 11.2. The van der Waals surface area contributed by atoms with Gasteiger partial charge >= 0.3 is 0 Å². The molecular formula is C13H18O3. The van der Waals surface area contributed by atoms with Crippen LogP contribution >= 0.6 is 0 Å². The quantitative estimate of drug-likeness (QED) is 0.683. The van der Waals surface area contributed by atoms with Crippen LogP contribution in [0.25, 0.3) is 0 Å². The van der Waals surface area contributed by atoms with Crippen molar-refractivity contribution in [1.82, 2.24) is 0 Å². The molecule has 2 aliphatic heterocycles. The lowest BCUT2D eigenvalue weighted by molar-refractivity contribution is -0.279. The second-order valence-corrected chi connectivity index (χ2v) is 5.11. The maximum Gasteiger partial charge on any atom is 0.163 e. The Morgan fingerprint density at radius 1 is 1.19 bits per heavy atom. The molecule has 0 aromatic heterocycles. The molecule has 4 bridgehead atoms. The Hall–Kier alpha value is -0.960. The lowest BCUT2D eigenvalue weighted by Gasteiger charge is -2.58. The molecule has 4 aliphatic rings. The third-order valence-electron chi connectivity index (χ3n) is 4.15. The third-order valence-corrected chi connectivity index (χ3v) is 4.15. The van der Waals surface area contributed by atoms with Crippen molar-refractivity contribution in [2.75, 3.05) is 0 Å². The van der Waals surface area contributed by atoms with Gasteiger partial charge in [0.15, 0.2) is 6.10 Å². The molecule has 4 rings (SSSR count). The molecule has 0 aromatic carbocycles. The normalized spacial score (nSPS) is 48.8. The van der Waals surface area contributed by atoms with E-state index in [0.717, 1.165) is 25.2 Å². The Morgan fingerprint density at radius 3 is 2.75 bits per heavy atom. The van der Waals surface area contributed by atoms with E-state index in [1.165, 1.54) is 12.7 Å². The van der Waals surface area contributed by atoms with Gasteiger partial charge in [0.25, 0.3) is 0 Å². The van der Waals surface area contributed by atoms with Crippen molar-refractivity contribution >= 4 is 0 Å². The molecule has 0 spiro atoms. The van der Waals surface area contributed by atoms with Crippen LogP contribution in [0, 0.1) is 5.92 Å². The summed E-state index contributed by atoms with van der Waals surface area (Å²) < 4.78 is 17.4. The molecular weight excluding hydrogens is 204 g/mol. The van der Waals surface area contributed by atoms with Crippen molar-refractivity contribution in [2.45, 2.75) is 49.6 Å². The average Bonchev–Trinajstić information content (AvgIpc) is 2.23. The Balaban J connectivity index is 1.91. The van der Waals surface area contributed by atoms with Crippen LogP contribution in [-0.2, 0) is 14.2 Å². The van der Waals surface area contributed by atoms with Gasteiger partial charge in [0.2, 0.25) is 0 Å². The van der Waals surface area contributed by atoms with E-state index < -0.39 is 0 Å². The topological polar surface area (TPSA) is 27.7 Å². The molecule has 5 unspecified atom stereocenters. The van der Waals surface area contributed by atoms with Crippen molar-refractivity contribution in [2.24, 2.45) is 5.92 Å². The van der Waals surface area contributed by atoms with Crippen LogP contribution in [-0.4, -0.2) is 23.9 Å². The maximum atomic E-state index is 5.97. The van der Waals surface area contributed by atoms with Gasteiger partial charge in [-0.3, -0.25) is 0 Å². The van der Waals surface area contributed by atoms with Crippen LogP contribution in [0.1, 0.15) is 25.7 Å².